The largest absolute Gasteiger partial charge is 0.341 e. The number of hydrogen-bond acceptors (Lipinski definition) is 4. The standard InChI is InChI=1S/C23H22Cl4N3O3/c1-2-3-17-11-32-23(33-17,19-7-5-16(25)9-21(19)27)12-30-14-29(13-28-30)10-22(31)18-6-4-15(24)8-20(18)26/h4-9,13-14,17H,2-3,10-12H2,1H3/q+1. The number of ketones is 1. The fraction of sp³-hybridized carbons (Fsp3) is 0.348. The van der Waals surface area contributed by atoms with Gasteiger partial charge in [0.2, 0.25) is 12.1 Å². The summed E-state index contributed by atoms with van der Waals surface area (Å²) in [6.45, 7) is 2.86. The van der Waals surface area contributed by atoms with Crippen LogP contribution in [0.25, 0.3) is 0 Å². The molecule has 1 fully saturated rings. The Morgan fingerprint density at radius 1 is 1.15 bits per heavy atom. The van der Waals surface area contributed by atoms with Crippen LogP contribution in [-0.2, 0) is 28.4 Å². The molecule has 6 nitrogen and oxygen atoms in total. The molecule has 2 heterocycles. The first-order valence-electron chi connectivity index (χ1n) is 10.5. The second-order valence-electron chi connectivity index (χ2n) is 7.88. The second kappa shape index (κ2) is 10.3. The molecule has 0 amide bonds. The Hall–Kier alpha value is -1.67. The maximum Gasteiger partial charge on any atom is 0.265 e. The van der Waals surface area contributed by atoms with E-state index in [2.05, 4.69) is 12.0 Å². The summed E-state index contributed by atoms with van der Waals surface area (Å²) < 4.78 is 15.9. The SMILES string of the molecule is CCCC1COC(Cn2c[n+](CC(=O)c3ccc(Cl)cc3Cl)cn2)(c2ccc(Cl)cc2Cl)O1. The number of halogens is 4. The average Bonchev–Trinajstić information content (AvgIpc) is 3.35. The van der Waals surface area contributed by atoms with Crippen molar-refractivity contribution in [1.82, 2.24) is 9.78 Å². The van der Waals surface area contributed by atoms with E-state index in [-0.39, 0.29) is 25.0 Å². The van der Waals surface area contributed by atoms with Crippen molar-refractivity contribution in [3.63, 3.8) is 0 Å². The van der Waals surface area contributed by atoms with Crippen LogP contribution in [-0.4, -0.2) is 28.3 Å². The molecule has 0 N–H and O–H groups in total. The quantitative estimate of drug-likeness (QED) is 0.276. The van der Waals surface area contributed by atoms with Gasteiger partial charge in [0, 0.05) is 26.3 Å². The Labute approximate surface area is 211 Å². The van der Waals surface area contributed by atoms with E-state index >= 15 is 0 Å². The Morgan fingerprint density at radius 3 is 2.58 bits per heavy atom. The molecule has 2 atom stereocenters. The third kappa shape index (κ3) is 5.53. The fourth-order valence-corrected chi connectivity index (χ4v) is 4.91. The maximum absolute atomic E-state index is 12.7. The van der Waals surface area contributed by atoms with Crippen molar-refractivity contribution in [2.45, 2.75) is 44.7 Å². The van der Waals surface area contributed by atoms with E-state index in [0.717, 1.165) is 12.8 Å². The molecule has 0 spiro atoms. The number of carbonyl (C=O) groups is 1. The zero-order valence-electron chi connectivity index (χ0n) is 17.8. The van der Waals surface area contributed by atoms with Gasteiger partial charge >= 0.3 is 0 Å². The molecular formula is C23H22Cl4N3O3+. The third-order valence-corrected chi connectivity index (χ3v) is 6.46. The van der Waals surface area contributed by atoms with Crippen molar-refractivity contribution in [2.75, 3.05) is 6.61 Å². The van der Waals surface area contributed by atoms with Crippen LogP contribution in [0.1, 0.15) is 35.7 Å². The normalized spacial score (nSPS) is 20.3. The van der Waals surface area contributed by atoms with E-state index in [1.807, 2.05) is 6.07 Å². The van der Waals surface area contributed by atoms with Gasteiger partial charge in [-0.2, -0.15) is 0 Å². The second-order valence-corrected chi connectivity index (χ2v) is 9.57. The van der Waals surface area contributed by atoms with E-state index in [0.29, 0.717) is 37.8 Å². The van der Waals surface area contributed by atoms with Crippen LogP contribution < -0.4 is 4.57 Å². The van der Waals surface area contributed by atoms with E-state index in [1.54, 1.807) is 52.2 Å². The predicted molar refractivity (Wildman–Crippen MR) is 127 cm³/mol. The molecule has 1 aliphatic heterocycles. The van der Waals surface area contributed by atoms with Crippen molar-refractivity contribution in [2.24, 2.45) is 0 Å². The van der Waals surface area contributed by atoms with Crippen molar-refractivity contribution >= 4 is 52.2 Å². The summed E-state index contributed by atoms with van der Waals surface area (Å²) in [5.74, 6) is -1.28. The molecule has 0 radical (unpaired) electrons. The lowest BCUT2D eigenvalue weighted by molar-refractivity contribution is -0.684. The van der Waals surface area contributed by atoms with E-state index in [1.165, 1.54) is 0 Å². The Bertz CT molecular complexity index is 1170. The summed E-state index contributed by atoms with van der Waals surface area (Å²) in [6.07, 6.45) is 5.06. The van der Waals surface area contributed by atoms with Gasteiger partial charge in [-0.3, -0.25) is 4.79 Å². The zero-order valence-corrected chi connectivity index (χ0v) is 20.8. The van der Waals surface area contributed by atoms with Gasteiger partial charge in [-0.15, -0.1) is 4.68 Å². The first-order valence-corrected chi connectivity index (χ1v) is 12.0. The molecule has 1 aromatic heterocycles. The Kier molecular flexibility index (Phi) is 7.63. The smallest absolute Gasteiger partial charge is 0.265 e. The number of ether oxygens (including phenoxy) is 2. The lowest BCUT2D eigenvalue weighted by Gasteiger charge is -2.27. The topological polar surface area (TPSA) is 57.2 Å². The molecule has 10 heteroatoms. The lowest BCUT2D eigenvalue weighted by atomic mass is 10.1. The van der Waals surface area contributed by atoms with Crippen molar-refractivity contribution in [3.8, 4) is 0 Å². The maximum atomic E-state index is 12.7. The number of carbonyl (C=O) groups excluding carboxylic acids is 1. The molecule has 3 aromatic rings. The molecule has 33 heavy (non-hydrogen) atoms. The van der Waals surface area contributed by atoms with Gasteiger partial charge in [-0.25, -0.2) is 4.57 Å². The van der Waals surface area contributed by atoms with Crippen LogP contribution in [0.5, 0.6) is 0 Å². The van der Waals surface area contributed by atoms with Gasteiger partial charge in [0.1, 0.15) is 6.54 Å². The first kappa shape index (κ1) is 24.5. The van der Waals surface area contributed by atoms with Crippen molar-refractivity contribution in [1.29, 1.82) is 0 Å². The Balaban J connectivity index is 1.56. The highest BCUT2D eigenvalue weighted by atomic mass is 35.5. The lowest BCUT2D eigenvalue weighted by Crippen LogP contribution is -2.37. The van der Waals surface area contributed by atoms with Gasteiger partial charge in [0.15, 0.2) is 12.3 Å². The van der Waals surface area contributed by atoms with Crippen LogP contribution >= 0.6 is 46.4 Å². The Morgan fingerprint density at radius 2 is 1.88 bits per heavy atom. The van der Waals surface area contributed by atoms with Crippen molar-refractivity contribution in [3.05, 3.63) is 80.3 Å². The number of nitrogens with zero attached hydrogens (tertiary/aromatic N) is 3. The molecule has 4 rings (SSSR count). The fourth-order valence-electron chi connectivity index (χ4n) is 3.84. The van der Waals surface area contributed by atoms with Crippen LogP contribution in [0.2, 0.25) is 20.1 Å². The molecule has 1 saturated heterocycles. The average molecular weight is 530 g/mol. The number of rotatable bonds is 8. The van der Waals surface area contributed by atoms with Crippen LogP contribution in [0, 0.1) is 0 Å². The minimum atomic E-state index is -1.12. The number of Topliss-reactive ketones (excluding diaryl/α,β-unsaturated/α-hetero) is 1. The van der Waals surface area contributed by atoms with E-state index in [4.69, 9.17) is 55.9 Å². The minimum absolute atomic E-state index is 0.0574. The zero-order chi connectivity index (χ0) is 23.6. The van der Waals surface area contributed by atoms with Gasteiger partial charge in [-0.05, 0) is 36.8 Å². The molecular weight excluding hydrogens is 508 g/mol. The molecule has 2 unspecified atom stereocenters. The van der Waals surface area contributed by atoms with Crippen LogP contribution in [0.3, 0.4) is 0 Å². The monoisotopic (exact) mass is 528 g/mol. The van der Waals surface area contributed by atoms with E-state index in [9.17, 15) is 4.79 Å². The summed E-state index contributed by atoms with van der Waals surface area (Å²) in [4.78, 5) is 12.7. The summed E-state index contributed by atoms with van der Waals surface area (Å²) in [7, 11) is 0. The summed E-state index contributed by atoms with van der Waals surface area (Å²) in [6, 6.07) is 10.0. The molecule has 2 aromatic carbocycles. The summed E-state index contributed by atoms with van der Waals surface area (Å²) >= 11 is 24.7. The molecule has 1 aliphatic rings. The minimum Gasteiger partial charge on any atom is -0.341 e. The van der Waals surface area contributed by atoms with Gasteiger partial charge in [0.05, 0.1) is 22.8 Å². The van der Waals surface area contributed by atoms with E-state index < -0.39 is 5.79 Å². The number of aromatic nitrogens is 3. The van der Waals surface area contributed by atoms with Gasteiger partial charge in [-0.1, -0.05) is 65.8 Å². The molecule has 0 bridgehead atoms. The number of benzene rings is 2. The first-order chi connectivity index (χ1) is 15.8. The molecule has 0 saturated carbocycles. The van der Waals surface area contributed by atoms with Gasteiger partial charge < -0.3 is 9.47 Å². The summed E-state index contributed by atoms with van der Waals surface area (Å²) in [5.41, 5.74) is 1.08. The highest BCUT2D eigenvalue weighted by Crippen LogP contribution is 2.41. The van der Waals surface area contributed by atoms with Crippen LogP contribution in [0.15, 0.2) is 49.1 Å². The molecule has 0 aliphatic carbocycles. The van der Waals surface area contributed by atoms with Crippen LogP contribution in [0.4, 0.5) is 0 Å². The van der Waals surface area contributed by atoms with Crippen molar-refractivity contribution < 1.29 is 18.8 Å². The molecule has 174 valence electrons. The van der Waals surface area contributed by atoms with Gasteiger partial charge in [0.25, 0.3) is 6.33 Å². The number of hydrogen-bond donors (Lipinski definition) is 0. The predicted octanol–water partition coefficient (Wildman–Crippen LogP) is 5.74. The summed E-state index contributed by atoms with van der Waals surface area (Å²) in [5, 5.41) is 6.16. The highest BCUT2D eigenvalue weighted by Gasteiger charge is 2.46. The third-order valence-electron chi connectivity index (χ3n) is 5.37. The highest BCUT2D eigenvalue weighted by molar-refractivity contribution is 6.37.